The number of amides is 1. The number of nitrogens with one attached hydrogen (secondary N) is 1. The summed E-state index contributed by atoms with van der Waals surface area (Å²) in [7, 11) is 0. The Balaban J connectivity index is 1.88. The first-order valence-electron chi connectivity index (χ1n) is 7.53. The molecule has 1 aliphatic carbocycles. The van der Waals surface area contributed by atoms with Crippen LogP contribution < -0.4 is 5.32 Å². The average molecular weight is 317 g/mol. The first-order chi connectivity index (χ1) is 10.5. The molecule has 1 aromatic heterocycles. The van der Waals surface area contributed by atoms with Crippen molar-refractivity contribution in [2.24, 2.45) is 5.92 Å². The van der Waals surface area contributed by atoms with Crippen LogP contribution in [0.25, 0.3) is 10.1 Å². The molecule has 0 bridgehead atoms. The number of carboxylic acids is 1. The summed E-state index contributed by atoms with van der Waals surface area (Å²) >= 11 is 1.53. The number of fused-ring (bicyclic) bond motifs is 1. The van der Waals surface area contributed by atoms with E-state index in [0.717, 1.165) is 22.9 Å². The van der Waals surface area contributed by atoms with Crippen molar-refractivity contribution in [2.75, 3.05) is 0 Å². The van der Waals surface area contributed by atoms with Gasteiger partial charge in [-0.1, -0.05) is 31.0 Å². The number of carbonyl (C=O) groups excluding carboxylic acids is 1. The maximum atomic E-state index is 12.7. The second kappa shape index (κ2) is 5.72. The highest BCUT2D eigenvalue weighted by molar-refractivity contribution is 7.17. The van der Waals surface area contributed by atoms with E-state index in [1.54, 1.807) is 0 Å². The smallest absolute Gasteiger partial charge is 0.308 e. The zero-order valence-electron chi connectivity index (χ0n) is 12.5. The molecule has 1 saturated carbocycles. The van der Waals surface area contributed by atoms with E-state index in [2.05, 4.69) is 5.32 Å². The van der Waals surface area contributed by atoms with Crippen LogP contribution in [0.4, 0.5) is 0 Å². The van der Waals surface area contributed by atoms with Gasteiger partial charge in [0, 0.05) is 15.5 Å². The number of aliphatic carboxylic acids is 1. The summed E-state index contributed by atoms with van der Waals surface area (Å²) in [4.78, 5) is 24.2. The average Bonchev–Trinajstić information content (AvgIpc) is 2.91. The highest BCUT2D eigenvalue weighted by atomic mass is 32.1. The Morgan fingerprint density at radius 2 is 2.09 bits per heavy atom. The number of benzene rings is 1. The molecule has 0 saturated heterocycles. The Morgan fingerprint density at radius 3 is 2.86 bits per heavy atom. The van der Waals surface area contributed by atoms with Gasteiger partial charge in [0.1, 0.15) is 0 Å². The molecule has 1 heterocycles. The summed E-state index contributed by atoms with van der Waals surface area (Å²) < 4.78 is 1.07. The van der Waals surface area contributed by atoms with Gasteiger partial charge in [-0.2, -0.15) is 0 Å². The predicted molar refractivity (Wildman–Crippen MR) is 87.3 cm³/mol. The van der Waals surface area contributed by atoms with Crippen LogP contribution in [0.2, 0.25) is 0 Å². The normalized spacial score (nSPS) is 25.0. The molecule has 5 heteroatoms. The van der Waals surface area contributed by atoms with Gasteiger partial charge in [-0.3, -0.25) is 9.59 Å². The molecular weight excluding hydrogens is 298 g/mol. The van der Waals surface area contributed by atoms with E-state index in [9.17, 15) is 14.7 Å². The molecule has 116 valence electrons. The number of hydrogen-bond donors (Lipinski definition) is 2. The third-order valence-corrected chi connectivity index (χ3v) is 5.59. The Morgan fingerprint density at radius 1 is 1.32 bits per heavy atom. The lowest BCUT2D eigenvalue weighted by molar-refractivity contribution is -0.145. The van der Waals surface area contributed by atoms with Crippen LogP contribution in [-0.4, -0.2) is 22.5 Å². The van der Waals surface area contributed by atoms with E-state index in [4.69, 9.17) is 0 Å². The van der Waals surface area contributed by atoms with Crippen LogP contribution in [0.3, 0.4) is 0 Å². The molecular formula is C17H19NO3S. The molecule has 2 unspecified atom stereocenters. The topological polar surface area (TPSA) is 66.4 Å². The Kier molecular flexibility index (Phi) is 3.91. The van der Waals surface area contributed by atoms with Gasteiger partial charge in [-0.05, 0) is 25.8 Å². The van der Waals surface area contributed by atoms with Gasteiger partial charge in [0.25, 0.3) is 5.91 Å². The minimum absolute atomic E-state index is 0.173. The van der Waals surface area contributed by atoms with Crippen molar-refractivity contribution >= 4 is 33.3 Å². The van der Waals surface area contributed by atoms with Crippen LogP contribution in [0, 0.1) is 5.92 Å². The molecule has 2 aromatic rings. The summed E-state index contributed by atoms with van der Waals surface area (Å²) in [5.74, 6) is -1.51. The van der Waals surface area contributed by atoms with Crippen molar-refractivity contribution in [2.45, 2.75) is 38.1 Å². The maximum absolute atomic E-state index is 12.7. The van der Waals surface area contributed by atoms with E-state index < -0.39 is 17.4 Å². The molecule has 2 atom stereocenters. The van der Waals surface area contributed by atoms with Crippen molar-refractivity contribution < 1.29 is 14.7 Å². The number of rotatable bonds is 3. The maximum Gasteiger partial charge on any atom is 0.308 e. The van der Waals surface area contributed by atoms with Crippen LogP contribution in [0.5, 0.6) is 0 Å². The number of hydrogen-bond acceptors (Lipinski definition) is 3. The number of carbonyl (C=O) groups is 2. The van der Waals surface area contributed by atoms with Crippen molar-refractivity contribution in [1.82, 2.24) is 5.32 Å². The molecule has 0 aliphatic heterocycles. The Bertz CT molecular complexity index is 724. The molecule has 4 nitrogen and oxygen atoms in total. The Hall–Kier alpha value is -1.88. The largest absolute Gasteiger partial charge is 0.481 e. The van der Waals surface area contributed by atoms with Gasteiger partial charge in [0.2, 0.25) is 0 Å². The van der Waals surface area contributed by atoms with Crippen molar-refractivity contribution in [3.05, 3.63) is 35.2 Å². The standard InChI is InChI=1S/C17H19NO3S/c1-17(9-5-4-7-13(17)16(20)21)18-15(19)12-10-22-14-8-3-2-6-11(12)14/h2-3,6,8,10,13H,4-5,7,9H2,1H3,(H,18,19)(H,20,21). The van der Waals surface area contributed by atoms with Gasteiger partial charge >= 0.3 is 5.97 Å². The van der Waals surface area contributed by atoms with E-state index in [1.807, 2.05) is 36.6 Å². The van der Waals surface area contributed by atoms with Gasteiger partial charge in [-0.25, -0.2) is 0 Å². The van der Waals surface area contributed by atoms with Crippen molar-refractivity contribution in [3.8, 4) is 0 Å². The quantitative estimate of drug-likeness (QED) is 0.908. The zero-order chi connectivity index (χ0) is 15.7. The van der Waals surface area contributed by atoms with Gasteiger partial charge in [-0.15, -0.1) is 11.3 Å². The summed E-state index contributed by atoms with van der Waals surface area (Å²) in [6.07, 6.45) is 3.18. The number of carboxylic acid groups (broad SMARTS) is 1. The first kappa shape index (κ1) is 15.0. The van der Waals surface area contributed by atoms with E-state index >= 15 is 0 Å². The predicted octanol–water partition coefficient (Wildman–Crippen LogP) is 3.66. The third-order valence-electron chi connectivity index (χ3n) is 4.63. The third kappa shape index (κ3) is 2.61. The molecule has 1 amide bonds. The minimum Gasteiger partial charge on any atom is -0.481 e. The molecule has 2 N–H and O–H groups in total. The highest BCUT2D eigenvalue weighted by Crippen LogP contribution is 2.35. The van der Waals surface area contributed by atoms with Gasteiger partial charge < -0.3 is 10.4 Å². The van der Waals surface area contributed by atoms with Crippen molar-refractivity contribution in [1.29, 1.82) is 0 Å². The lowest BCUT2D eigenvalue weighted by Gasteiger charge is -2.39. The molecule has 0 spiro atoms. The molecule has 1 fully saturated rings. The van der Waals surface area contributed by atoms with E-state index in [1.165, 1.54) is 11.3 Å². The van der Waals surface area contributed by atoms with Gasteiger partial charge in [0.05, 0.1) is 17.0 Å². The SMILES string of the molecule is CC1(NC(=O)c2csc3ccccc23)CCCCC1C(=O)O. The van der Waals surface area contributed by atoms with E-state index in [-0.39, 0.29) is 5.91 Å². The van der Waals surface area contributed by atoms with Crippen LogP contribution in [0.15, 0.2) is 29.6 Å². The second-order valence-corrected chi connectivity index (χ2v) is 7.06. The monoisotopic (exact) mass is 317 g/mol. The fourth-order valence-corrected chi connectivity index (χ4v) is 4.30. The minimum atomic E-state index is -0.822. The fourth-order valence-electron chi connectivity index (χ4n) is 3.36. The summed E-state index contributed by atoms with van der Waals surface area (Å²) in [5.41, 5.74) is -0.0407. The summed E-state index contributed by atoms with van der Waals surface area (Å²) in [6.45, 7) is 1.86. The molecule has 1 aliphatic rings. The van der Waals surface area contributed by atoms with Crippen LogP contribution in [-0.2, 0) is 4.79 Å². The summed E-state index contributed by atoms with van der Waals surface area (Å²) in [6, 6.07) is 7.77. The molecule has 0 radical (unpaired) electrons. The highest BCUT2D eigenvalue weighted by Gasteiger charge is 2.42. The number of thiophene rings is 1. The molecule has 1 aromatic carbocycles. The van der Waals surface area contributed by atoms with Crippen LogP contribution >= 0.6 is 11.3 Å². The fraction of sp³-hybridized carbons (Fsp3) is 0.412. The second-order valence-electron chi connectivity index (χ2n) is 6.15. The lowest BCUT2D eigenvalue weighted by atomic mass is 9.73. The lowest BCUT2D eigenvalue weighted by Crippen LogP contribution is -2.55. The van der Waals surface area contributed by atoms with Crippen molar-refractivity contribution in [3.63, 3.8) is 0 Å². The first-order valence-corrected chi connectivity index (χ1v) is 8.41. The Labute approximate surface area is 133 Å². The molecule has 22 heavy (non-hydrogen) atoms. The molecule has 3 rings (SSSR count). The van der Waals surface area contributed by atoms with Gasteiger partial charge in [0.15, 0.2) is 0 Å². The van der Waals surface area contributed by atoms with Crippen LogP contribution in [0.1, 0.15) is 43.0 Å². The summed E-state index contributed by atoms with van der Waals surface area (Å²) in [5, 5.41) is 15.2. The zero-order valence-corrected chi connectivity index (χ0v) is 13.3. The van der Waals surface area contributed by atoms with E-state index in [0.29, 0.717) is 18.4 Å².